The van der Waals surface area contributed by atoms with Gasteiger partial charge in [0, 0.05) is 5.75 Å². The summed E-state index contributed by atoms with van der Waals surface area (Å²) >= 11 is 1.92. The maximum atomic E-state index is 9.36. The molecular weight excluding hydrogens is 204 g/mol. The van der Waals surface area contributed by atoms with Gasteiger partial charge >= 0.3 is 0 Å². The third kappa shape index (κ3) is 3.70. The molecule has 86 valence electrons. The summed E-state index contributed by atoms with van der Waals surface area (Å²) in [4.78, 5) is 0. The third-order valence-corrected chi connectivity index (χ3v) is 4.31. The summed E-state index contributed by atoms with van der Waals surface area (Å²) in [5.74, 6) is 3.41. The van der Waals surface area contributed by atoms with Gasteiger partial charge in [0.05, 0.1) is 6.07 Å². The molecule has 0 aromatic rings. The van der Waals surface area contributed by atoms with Crippen molar-refractivity contribution in [3.8, 4) is 6.07 Å². The molecule has 1 saturated carbocycles. The highest BCUT2D eigenvalue weighted by atomic mass is 32.2. The Morgan fingerprint density at radius 3 is 2.60 bits per heavy atom. The second-order valence-corrected chi connectivity index (χ2v) is 5.83. The standard InChI is InChI=1S/C12H22N2S/c1-4-14-12(8-13,11-5-6-11)9-15-7-10(2)3/h10-11,14H,4-7,9H2,1-3H3. The van der Waals surface area contributed by atoms with E-state index < -0.39 is 0 Å². The fourth-order valence-electron chi connectivity index (χ4n) is 1.82. The number of hydrogen-bond donors (Lipinski definition) is 1. The molecule has 0 spiro atoms. The quantitative estimate of drug-likeness (QED) is 0.725. The molecule has 0 amide bonds. The maximum Gasteiger partial charge on any atom is 0.118 e. The lowest BCUT2D eigenvalue weighted by atomic mass is 9.98. The molecule has 0 aromatic carbocycles. The average molecular weight is 226 g/mol. The maximum absolute atomic E-state index is 9.36. The van der Waals surface area contributed by atoms with E-state index in [4.69, 9.17) is 0 Å². The summed E-state index contributed by atoms with van der Waals surface area (Å²) in [6.45, 7) is 7.44. The van der Waals surface area contributed by atoms with E-state index in [1.54, 1.807) is 0 Å². The number of nitriles is 1. The molecule has 0 aliphatic heterocycles. The van der Waals surface area contributed by atoms with E-state index >= 15 is 0 Å². The molecule has 15 heavy (non-hydrogen) atoms. The summed E-state index contributed by atoms with van der Waals surface area (Å²) < 4.78 is 0. The van der Waals surface area contributed by atoms with Gasteiger partial charge in [-0.1, -0.05) is 20.8 Å². The van der Waals surface area contributed by atoms with E-state index in [0.29, 0.717) is 11.8 Å². The largest absolute Gasteiger partial charge is 0.299 e. The van der Waals surface area contributed by atoms with Crippen LogP contribution in [0.2, 0.25) is 0 Å². The lowest BCUT2D eigenvalue weighted by molar-refractivity contribution is 0.416. The first-order valence-corrected chi connectivity index (χ1v) is 7.04. The van der Waals surface area contributed by atoms with Crippen LogP contribution >= 0.6 is 11.8 Å². The fraction of sp³-hybridized carbons (Fsp3) is 0.917. The minimum Gasteiger partial charge on any atom is -0.299 e. The second kappa shape index (κ2) is 5.77. The Balaban J connectivity index is 2.45. The van der Waals surface area contributed by atoms with Crippen molar-refractivity contribution in [1.82, 2.24) is 5.32 Å². The number of rotatable bonds is 7. The highest BCUT2D eigenvalue weighted by molar-refractivity contribution is 7.99. The molecule has 0 saturated heterocycles. The number of nitrogens with one attached hydrogen (secondary N) is 1. The van der Waals surface area contributed by atoms with Gasteiger partial charge in [-0.3, -0.25) is 5.32 Å². The number of thioether (sulfide) groups is 1. The normalized spacial score (nSPS) is 19.9. The monoisotopic (exact) mass is 226 g/mol. The summed E-state index contributed by atoms with van der Waals surface area (Å²) in [7, 11) is 0. The second-order valence-electron chi connectivity index (χ2n) is 4.80. The molecule has 2 nitrogen and oxygen atoms in total. The van der Waals surface area contributed by atoms with Crippen molar-refractivity contribution in [3.05, 3.63) is 0 Å². The highest BCUT2D eigenvalue weighted by Crippen LogP contribution is 2.41. The predicted molar refractivity (Wildman–Crippen MR) is 66.9 cm³/mol. The van der Waals surface area contributed by atoms with Crippen molar-refractivity contribution < 1.29 is 0 Å². The summed E-state index contributed by atoms with van der Waals surface area (Å²) in [6, 6.07) is 2.52. The van der Waals surface area contributed by atoms with Crippen LogP contribution in [0.1, 0.15) is 33.6 Å². The summed E-state index contributed by atoms with van der Waals surface area (Å²) in [5.41, 5.74) is -0.242. The van der Waals surface area contributed by atoms with E-state index in [2.05, 4.69) is 32.2 Å². The van der Waals surface area contributed by atoms with Crippen molar-refractivity contribution in [1.29, 1.82) is 5.26 Å². The van der Waals surface area contributed by atoms with Crippen LogP contribution in [-0.2, 0) is 0 Å². The fourth-order valence-corrected chi connectivity index (χ4v) is 3.14. The first kappa shape index (κ1) is 12.9. The van der Waals surface area contributed by atoms with Crippen LogP contribution in [0.3, 0.4) is 0 Å². The summed E-state index contributed by atoms with van der Waals surface area (Å²) in [6.07, 6.45) is 2.45. The van der Waals surface area contributed by atoms with Crippen molar-refractivity contribution >= 4 is 11.8 Å². The zero-order valence-electron chi connectivity index (χ0n) is 10.0. The molecule has 1 unspecified atom stereocenters. The van der Waals surface area contributed by atoms with Crippen LogP contribution in [-0.4, -0.2) is 23.6 Å². The van der Waals surface area contributed by atoms with Gasteiger partial charge in [0.25, 0.3) is 0 Å². The van der Waals surface area contributed by atoms with Crippen LogP contribution in [0.25, 0.3) is 0 Å². The third-order valence-electron chi connectivity index (χ3n) is 2.75. The highest BCUT2D eigenvalue weighted by Gasteiger charge is 2.44. The molecule has 1 rings (SSSR count). The van der Waals surface area contributed by atoms with Gasteiger partial charge in [-0.2, -0.15) is 17.0 Å². The Labute approximate surface area is 97.8 Å². The lowest BCUT2D eigenvalue weighted by Crippen LogP contribution is -2.48. The van der Waals surface area contributed by atoms with Gasteiger partial charge in [0.1, 0.15) is 5.54 Å². The molecule has 0 radical (unpaired) electrons. The first-order chi connectivity index (χ1) is 7.14. The van der Waals surface area contributed by atoms with Crippen molar-refractivity contribution in [3.63, 3.8) is 0 Å². The van der Waals surface area contributed by atoms with Gasteiger partial charge in [0.2, 0.25) is 0 Å². The van der Waals surface area contributed by atoms with Gasteiger partial charge in [-0.25, -0.2) is 0 Å². The van der Waals surface area contributed by atoms with Gasteiger partial charge in [-0.15, -0.1) is 0 Å². The van der Waals surface area contributed by atoms with Crippen molar-refractivity contribution in [2.75, 3.05) is 18.1 Å². The molecule has 0 bridgehead atoms. The van der Waals surface area contributed by atoms with Crippen LogP contribution in [0.15, 0.2) is 0 Å². The van der Waals surface area contributed by atoms with E-state index in [1.807, 2.05) is 11.8 Å². The Kier molecular flexibility index (Phi) is 4.95. The minimum atomic E-state index is -0.242. The van der Waals surface area contributed by atoms with Crippen molar-refractivity contribution in [2.24, 2.45) is 11.8 Å². The molecule has 0 aromatic heterocycles. The van der Waals surface area contributed by atoms with E-state index in [1.165, 1.54) is 12.8 Å². The van der Waals surface area contributed by atoms with E-state index in [9.17, 15) is 5.26 Å². The zero-order chi connectivity index (χ0) is 11.3. The molecule has 1 atom stereocenters. The smallest absolute Gasteiger partial charge is 0.118 e. The summed E-state index contributed by atoms with van der Waals surface area (Å²) in [5, 5.41) is 12.8. The zero-order valence-corrected chi connectivity index (χ0v) is 10.9. The molecule has 1 fully saturated rings. The van der Waals surface area contributed by atoms with Crippen LogP contribution in [0.5, 0.6) is 0 Å². The first-order valence-electron chi connectivity index (χ1n) is 5.88. The van der Waals surface area contributed by atoms with Crippen LogP contribution in [0, 0.1) is 23.2 Å². The average Bonchev–Trinajstić information content (AvgIpc) is 2.99. The van der Waals surface area contributed by atoms with Crippen molar-refractivity contribution in [2.45, 2.75) is 39.2 Å². The molecule has 3 heteroatoms. The Morgan fingerprint density at radius 1 is 1.53 bits per heavy atom. The minimum absolute atomic E-state index is 0.242. The van der Waals surface area contributed by atoms with Gasteiger partial charge in [0.15, 0.2) is 0 Å². The van der Waals surface area contributed by atoms with E-state index in [-0.39, 0.29) is 5.54 Å². The van der Waals surface area contributed by atoms with E-state index in [0.717, 1.165) is 18.1 Å². The molecular formula is C12H22N2S. The lowest BCUT2D eigenvalue weighted by Gasteiger charge is -2.27. The van der Waals surface area contributed by atoms with Crippen LogP contribution < -0.4 is 5.32 Å². The van der Waals surface area contributed by atoms with Gasteiger partial charge in [-0.05, 0) is 37.0 Å². The SMILES string of the molecule is CCNC(C#N)(CSCC(C)C)C1CC1. The Hall–Kier alpha value is -0.200. The predicted octanol–water partition coefficient (Wildman–Crippen LogP) is 2.66. The topological polar surface area (TPSA) is 35.8 Å². The molecule has 0 heterocycles. The Bertz CT molecular complexity index is 230. The molecule has 1 N–H and O–H groups in total. The number of hydrogen-bond acceptors (Lipinski definition) is 3. The van der Waals surface area contributed by atoms with Crippen LogP contribution in [0.4, 0.5) is 0 Å². The Morgan fingerprint density at radius 2 is 2.20 bits per heavy atom. The van der Waals surface area contributed by atoms with Gasteiger partial charge < -0.3 is 0 Å². The molecule has 1 aliphatic carbocycles. The molecule has 1 aliphatic rings. The number of nitrogens with zero attached hydrogens (tertiary/aromatic N) is 1.